The Morgan fingerprint density at radius 1 is 0.439 bits per heavy atom. The quantitative estimate of drug-likeness (QED) is 0.0607. The Bertz CT molecular complexity index is 602. The number of carbonyl (C=O) groups excluding carboxylic acids is 2. The minimum atomic E-state index is -4.07. The Labute approximate surface area is 262 Å². The fraction of sp³-hybridized carbons (Fsp3) is 0.944. The zero-order valence-corrected chi connectivity index (χ0v) is 32.0. The molecule has 0 saturated carbocycles. The van der Waals surface area contributed by atoms with Crippen molar-refractivity contribution < 1.29 is 15.7 Å². The summed E-state index contributed by atoms with van der Waals surface area (Å²) in [6.07, 6.45) is 25.0. The second kappa shape index (κ2) is 24.1. The monoisotopic (exact) mass is 688 g/mol. The molecule has 0 radical (unpaired) electrons. The Morgan fingerprint density at radius 3 is 1.02 bits per heavy atom. The van der Waals surface area contributed by atoms with E-state index in [1.165, 1.54) is 77.0 Å². The minimum absolute atomic E-state index is 0.115. The zero-order valence-electron chi connectivity index (χ0n) is 29.1. The van der Waals surface area contributed by atoms with Crippen LogP contribution in [0.15, 0.2) is 0 Å². The molecule has 0 aliphatic carbocycles. The van der Waals surface area contributed by atoms with Gasteiger partial charge in [0.1, 0.15) is 0 Å². The average Bonchev–Trinajstić information content (AvgIpc) is 2.93. The van der Waals surface area contributed by atoms with E-state index in [0.29, 0.717) is 0 Å². The first-order chi connectivity index (χ1) is 19.5. The van der Waals surface area contributed by atoms with Gasteiger partial charge in [0, 0.05) is 0 Å². The van der Waals surface area contributed by atoms with E-state index in [1.54, 1.807) is 0 Å². The molecule has 0 unspecified atom stereocenters. The number of carbonyl (C=O) groups is 2. The molecular weight excluding hydrogens is 615 g/mol. The van der Waals surface area contributed by atoms with Crippen LogP contribution in [-0.4, -0.2) is 31.1 Å². The molecule has 0 saturated heterocycles. The van der Waals surface area contributed by atoms with Crippen molar-refractivity contribution in [3.8, 4) is 0 Å². The molecule has 0 atom stereocenters. The molecule has 0 heterocycles. The molecule has 0 aromatic rings. The second-order valence-electron chi connectivity index (χ2n) is 14.1. The van der Waals surface area contributed by atoms with E-state index in [9.17, 15) is 9.59 Å². The molecule has 0 amide bonds. The molecule has 0 N–H and O–H groups in total. The van der Waals surface area contributed by atoms with Crippen LogP contribution in [0.3, 0.4) is 0 Å². The number of unbranched alkanes of at least 4 members (excludes halogenated alkanes) is 16. The Morgan fingerprint density at radius 2 is 0.707 bits per heavy atom. The molecule has 0 aromatic heterocycles. The maximum absolute atomic E-state index is 13.8. The molecule has 4 nitrogen and oxygen atoms in total. The average molecular weight is 688 g/mol. The zero-order chi connectivity index (χ0) is 31.0. The topological polar surface area (TPSA) is 52.6 Å². The molecule has 0 rings (SSSR count). The summed E-state index contributed by atoms with van der Waals surface area (Å²) < 4.78 is 14.9. The van der Waals surface area contributed by atoms with Gasteiger partial charge in [-0.3, -0.25) is 0 Å². The molecule has 5 heteroatoms. The number of hydrogen-bond donors (Lipinski definition) is 0. The van der Waals surface area contributed by atoms with Crippen molar-refractivity contribution in [2.24, 2.45) is 10.8 Å². The summed E-state index contributed by atoms with van der Waals surface area (Å²) in [4.78, 5) is 27.6. The summed E-state index contributed by atoms with van der Waals surface area (Å²) in [5, 5.41) is 0. The van der Waals surface area contributed by atoms with E-state index in [2.05, 4.69) is 27.7 Å². The molecule has 41 heavy (non-hydrogen) atoms. The molecule has 0 aliphatic heterocycles. The van der Waals surface area contributed by atoms with Crippen molar-refractivity contribution >= 4 is 31.1 Å². The van der Waals surface area contributed by atoms with Crippen LogP contribution in [0, 0.1) is 10.8 Å². The molecule has 0 aliphatic rings. The van der Waals surface area contributed by atoms with Gasteiger partial charge >= 0.3 is 263 Å². The van der Waals surface area contributed by atoms with Gasteiger partial charge in [-0.15, -0.1) is 0 Å². The molecular formula is C36H72O4Sn. The van der Waals surface area contributed by atoms with Crippen molar-refractivity contribution in [2.45, 2.75) is 206 Å². The van der Waals surface area contributed by atoms with Gasteiger partial charge < -0.3 is 0 Å². The van der Waals surface area contributed by atoms with Gasteiger partial charge in [0.25, 0.3) is 0 Å². The van der Waals surface area contributed by atoms with E-state index in [-0.39, 0.29) is 11.9 Å². The molecule has 0 aromatic carbocycles. The fourth-order valence-corrected chi connectivity index (χ4v) is 15.5. The standard InChI is InChI=1S/2C10H20O2.2C8H17.Sn/c2*1-4-5-6-7-8-10(2,3)9(11)12;2*1-3-5-7-8-6-4-2;/h2*4-8H2,1-3H3,(H,11,12);2*1,3-8H2,2H3;/q;;;;+2/p-2. The van der Waals surface area contributed by atoms with E-state index in [1.807, 2.05) is 27.7 Å². The van der Waals surface area contributed by atoms with Gasteiger partial charge in [-0.05, 0) is 0 Å². The van der Waals surface area contributed by atoms with Crippen LogP contribution >= 0.6 is 0 Å². The second-order valence-corrected chi connectivity index (χ2v) is 23.3. The molecule has 0 fully saturated rings. The molecule has 0 bridgehead atoms. The van der Waals surface area contributed by atoms with Crippen LogP contribution < -0.4 is 0 Å². The van der Waals surface area contributed by atoms with Crippen molar-refractivity contribution in [2.75, 3.05) is 0 Å². The van der Waals surface area contributed by atoms with E-state index >= 15 is 0 Å². The first kappa shape index (κ1) is 40.7. The van der Waals surface area contributed by atoms with Gasteiger partial charge in [0.2, 0.25) is 0 Å². The third kappa shape index (κ3) is 19.6. The number of rotatable bonds is 28. The van der Waals surface area contributed by atoms with Crippen LogP contribution in [-0.2, 0) is 15.7 Å². The van der Waals surface area contributed by atoms with Gasteiger partial charge in [0.15, 0.2) is 0 Å². The van der Waals surface area contributed by atoms with Crippen LogP contribution in [0.5, 0.6) is 0 Å². The molecule has 0 spiro atoms. The van der Waals surface area contributed by atoms with Gasteiger partial charge in [0.05, 0.1) is 0 Å². The summed E-state index contributed by atoms with van der Waals surface area (Å²) in [5.74, 6) is -0.231. The van der Waals surface area contributed by atoms with Crippen LogP contribution in [0.1, 0.15) is 197 Å². The van der Waals surface area contributed by atoms with Crippen molar-refractivity contribution in [1.29, 1.82) is 0 Å². The Hall–Kier alpha value is -0.261. The Balaban J connectivity index is 5.85. The third-order valence-electron chi connectivity index (χ3n) is 8.80. The van der Waals surface area contributed by atoms with Crippen molar-refractivity contribution in [3.05, 3.63) is 0 Å². The Kier molecular flexibility index (Phi) is 24.0. The summed E-state index contributed by atoms with van der Waals surface area (Å²) in [7, 11) is 0. The normalized spacial score (nSPS) is 12.5. The SMILES string of the molecule is CCCCCCC[CH2][Sn]([CH2]CCCCCCC)([O]C(=O)C(C)(C)CCCCCC)[O]C(=O)C(C)(C)CCCCCC. The summed E-state index contributed by atoms with van der Waals surface area (Å²) in [6.45, 7) is 17.1. The van der Waals surface area contributed by atoms with E-state index < -0.39 is 30.0 Å². The van der Waals surface area contributed by atoms with Crippen LogP contribution in [0.25, 0.3) is 0 Å². The summed E-state index contributed by atoms with van der Waals surface area (Å²) in [5.41, 5.74) is -1.08. The van der Waals surface area contributed by atoms with E-state index in [0.717, 1.165) is 73.1 Å². The molecule has 244 valence electrons. The van der Waals surface area contributed by atoms with Crippen molar-refractivity contribution in [1.82, 2.24) is 0 Å². The summed E-state index contributed by atoms with van der Waals surface area (Å²) in [6, 6.07) is 0. The van der Waals surface area contributed by atoms with Gasteiger partial charge in [-0.1, -0.05) is 0 Å². The third-order valence-corrected chi connectivity index (χ3v) is 18.3. The van der Waals surface area contributed by atoms with Crippen molar-refractivity contribution in [3.63, 3.8) is 0 Å². The predicted molar refractivity (Wildman–Crippen MR) is 179 cm³/mol. The van der Waals surface area contributed by atoms with Crippen LogP contribution in [0.2, 0.25) is 8.87 Å². The van der Waals surface area contributed by atoms with Crippen LogP contribution in [0.4, 0.5) is 0 Å². The van der Waals surface area contributed by atoms with Gasteiger partial charge in [-0.25, -0.2) is 0 Å². The maximum atomic E-state index is 13.8. The predicted octanol–water partition coefficient (Wildman–Crippen LogP) is 12.2. The first-order valence-corrected chi connectivity index (χ1v) is 24.3. The van der Waals surface area contributed by atoms with E-state index in [4.69, 9.17) is 6.15 Å². The fourth-order valence-electron chi connectivity index (χ4n) is 5.51. The van der Waals surface area contributed by atoms with Gasteiger partial charge in [-0.2, -0.15) is 0 Å². The first-order valence-electron chi connectivity index (χ1n) is 18.0. The number of hydrogen-bond acceptors (Lipinski definition) is 4. The summed E-state index contributed by atoms with van der Waals surface area (Å²) >= 11 is -4.07.